The summed E-state index contributed by atoms with van der Waals surface area (Å²) in [4.78, 5) is 7.10. The van der Waals surface area contributed by atoms with Gasteiger partial charge in [-0.25, -0.2) is 4.98 Å². The van der Waals surface area contributed by atoms with Crippen molar-refractivity contribution in [1.29, 1.82) is 0 Å². The highest BCUT2D eigenvalue weighted by atomic mass is 15.1. The number of hydrogen-bond donors (Lipinski definition) is 1. The fourth-order valence-corrected chi connectivity index (χ4v) is 2.80. The summed E-state index contributed by atoms with van der Waals surface area (Å²) >= 11 is 0. The summed E-state index contributed by atoms with van der Waals surface area (Å²) in [5.74, 6) is 0.990. The number of likely N-dealkylation sites (tertiary alicyclic amines) is 1. The molecular formula is C17H23N3. The second kappa shape index (κ2) is 5.41. The molecular weight excluding hydrogens is 246 g/mol. The number of nitrogens with one attached hydrogen (secondary N) is 1. The smallest absolute Gasteiger partial charge is 0.126 e. The minimum atomic E-state index is 0.389. The zero-order chi connectivity index (χ0) is 14.0. The molecule has 0 radical (unpaired) electrons. The van der Waals surface area contributed by atoms with E-state index >= 15 is 0 Å². The van der Waals surface area contributed by atoms with Gasteiger partial charge in [0.15, 0.2) is 0 Å². The summed E-state index contributed by atoms with van der Waals surface area (Å²) in [5, 5.41) is 4.73. The lowest BCUT2D eigenvalue weighted by Gasteiger charge is -2.38. The number of hydrogen-bond acceptors (Lipinski definition) is 3. The first-order valence-corrected chi connectivity index (χ1v) is 7.43. The molecule has 1 fully saturated rings. The van der Waals surface area contributed by atoms with Crippen molar-refractivity contribution in [3.05, 3.63) is 36.4 Å². The summed E-state index contributed by atoms with van der Waals surface area (Å²) in [6.07, 6.45) is 2.51. The van der Waals surface area contributed by atoms with Crippen LogP contribution < -0.4 is 5.32 Å². The third kappa shape index (κ3) is 2.93. The molecule has 1 aliphatic rings. The Morgan fingerprint density at radius 1 is 1.15 bits per heavy atom. The molecule has 3 nitrogen and oxygen atoms in total. The average Bonchev–Trinajstić information content (AvgIpc) is 2.48. The van der Waals surface area contributed by atoms with E-state index in [2.05, 4.69) is 59.5 Å². The molecule has 1 aromatic carbocycles. The molecule has 0 spiro atoms. The molecule has 2 heterocycles. The van der Waals surface area contributed by atoms with Gasteiger partial charge in [0.1, 0.15) is 5.82 Å². The maximum absolute atomic E-state index is 4.68. The molecule has 20 heavy (non-hydrogen) atoms. The second-order valence-corrected chi connectivity index (χ2v) is 6.36. The van der Waals surface area contributed by atoms with Gasteiger partial charge in [-0.2, -0.15) is 0 Å². The number of benzene rings is 1. The lowest BCUT2D eigenvalue weighted by Crippen LogP contribution is -2.40. The van der Waals surface area contributed by atoms with E-state index < -0.39 is 0 Å². The van der Waals surface area contributed by atoms with Crippen LogP contribution in [0.1, 0.15) is 19.8 Å². The minimum absolute atomic E-state index is 0.389. The van der Waals surface area contributed by atoms with Crippen LogP contribution in [0.25, 0.3) is 10.9 Å². The van der Waals surface area contributed by atoms with Crippen molar-refractivity contribution in [2.24, 2.45) is 5.41 Å². The van der Waals surface area contributed by atoms with Crippen LogP contribution >= 0.6 is 0 Å². The van der Waals surface area contributed by atoms with E-state index in [9.17, 15) is 0 Å². The van der Waals surface area contributed by atoms with Gasteiger partial charge >= 0.3 is 0 Å². The van der Waals surface area contributed by atoms with Gasteiger partial charge in [0, 0.05) is 11.9 Å². The van der Waals surface area contributed by atoms with Gasteiger partial charge in [0.05, 0.1) is 5.52 Å². The summed E-state index contributed by atoms with van der Waals surface area (Å²) in [6, 6.07) is 12.5. The lowest BCUT2D eigenvalue weighted by atomic mass is 9.80. The van der Waals surface area contributed by atoms with Crippen molar-refractivity contribution >= 4 is 16.7 Å². The van der Waals surface area contributed by atoms with Crippen molar-refractivity contribution in [3.8, 4) is 0 Å². The number of rotatable bonds is 3. The molecule has 0 amide bonds. The number of anilines is 1. The van der Waals surface area contributed by atoms with Crippen molar-refractivity contribution in [1.82, 2.24) is 9.88 Å². The van der Waals surface area contributed by atoms with Crippen molar-refractivity contribution in [2.45, 2.75) is 19.8 Å². The third-order valence-electron chi connectivity index (χ3n) is 4.49. The van der Waals surface area contributed by atoms with E-state index in [4.69, 9.17) is 0 Å². The highest BCUT2D eigenvalue weighted by Crippen LogP contribution is 2.30. The van der Waals surface area contributed by atoms with E-state index in [-0.39, 0.29) is 0 Å². The number of piperidine rings is 1. The molecule has 1 saturated heterocycles. The first kappa shape index (κ1) is 13.4. The maximum Gasteiger partial charge on any atom is 0.126 e. The molecule has 3 rings (SSSR count). The Hall–Kier alpha value is -1.61. The molecule has 106 valence electrons. The molecule has 0 saturated carbocycles. The standard InChI is InChI=1S/C17H23N3/c1-17(9-11-20(2)12-10-17)13-18-16-8-7-14-5-3-4-6-15(14)19-16/h3-8H,9-13H2,1-2H3,(H,18,19). The summed E-state index contributed by atoms with van der Waals surface area (Å²) in [5.41, 5.74) is 1.45. The molecule has 0 atom stereocenters. The second-order valence-electron chi connectivity index (χ2n) is 6.36. The predicted octanol–water partition coefficient (Wildman–Crippen LogP) is 3.38. The van der Waals surface area contributed by atoms with E-state index in [0.717, 1.165) is 17.9 Å². The SMILES string of the molecule is CN1CCC(C)(CNc2ccc3ccccc3n2)CC1. The zero-order valence-corrected chi connectivity index (χ0v) is 12.4. The Bertz CT molecular complexity index is 586. The Balaban J connectivity index is 1.67. The number of fused-ring (bicyclic) bond motifs is 1. The highest BCUT2D eigenvalue weighted by Gasteiger charge is 2.28. The average molecular weight is 269 g/mol. The lowest BCUT2D eigenvalue weighted by molar-refractivity contribution is 0.150. The van der Waals surface area contributed by atoms with Gasteiger partial charge in [-0.3, -0.25) is 0 Å². The van der Waals surface area contributed by atoms with Gasteiger partial charge in [-0.15, -0.1) is 0 Å². The van der Waals surface area contributed by atoms with Crippen LogP contribution in [0.3, 0.4) is 0 Å². The Morgan fingerprint density at radius 3 is 2.70 bits per heavy atom. The van der Waals surface area contributed by atoms with Crippen LogP contribution in [0.2, 0.25) is 0 Å². The molecule has 0 bridgehead atoms. The number of nitrogens with zero attached hydrogens (tertiary/aromatic N) is 2. The van der Waals surface area contributed by atoms with Crippen LogP contribution in [-0.2, 0) is 0 Å². The van der Waals surface area contributed by atoms with Crippen LogP contribution in [0.5, 0.6) is 0 Å². The number of pyridine rings is 1. The van der Waals surface area contributed by atoms with Gasteiger partial charge in [0.2, 0.25) is 0 Å². The molecule has 2 aromatic rings. The van der Waals surface area contributed by atoms with Crippen LogP contribution in [0.4, 0.5) is 5.82 Å². The van der Waals surface area contributed by atoms with E-state index in [0.29, 0.717) is 5.41 Å². The first-order valence-electron chi connectivity index (χ1n) is 7.43. The fraction of sp³-hybridized carbons (Fsp3) is 0.471. The Labute approximate surface area is 121 Å². The van der Waals surface area contributed by atoms with Gasteiger partial charge in [0.25, 0.3) is 0 Å². The molecule has 3 heteroatoms. The van der Waals surface area contributed by atoms with E-state index in [1.165, 1.54) is 31.3 Å². The largest absolute Gasteiger partial charge is 0.370 e. The summed E-state index contributed by atoms with van der Waals surface area (Å²) in [6.45, 7) is 5.78. The maximum atomic E-state index is 4.68. The Morgan fingerprint density at radius 2 is 1.90 bits per heavy atom. The quantitative estimate of drug-likeness (QED) is 0.926. The van der Waals surface area contributed by atoms with E-state index in [1.54, 1.807) is 0 Å². The van der Waals surface area contributed by atoms with Crippen LogP contribution in [0.15, 0.2) is 36.4 Å². The molecule has 1 aromatic heterocycles. The fourth-order valence-electron chi connectivity index (χ4n) is 2.80. The van der Waals surface area contributed by atoms with Crippen LogP contribution in [0, 0.1) is 5.41 Å². The summed E-state index contributed by atoms with van der Waals surface area (Å²) < 4.78 is 0. The summed E-state index contributed by atoms with van der Waals surface area (Å²) in [7, 11) is 2.21. The van der Waals surface area contributed by atoms with Crippen molar-refractivity contribution < 1.29 is 0 Å². The topological polar surface area (TPSA) is 28.2 Å². The number of para-hydroxylation sites is 1. The molecule has 0 unspecified atom stereocenters. The molecule has 1 N–H and O–H groups in total. The highest BCUT2D eigenvalue weighted by molar-refractivity contribution is 5.80. The third-order valence-corrected chi connectivity index (χ3v) is 4.49. The zero-order valence-electron chi connectivity index (χ0n) is 12.4. The van der Waals surface area contributed by atoms with Crippen molar-refractivity contribution in [2.75, 3.05) is 32.0 Å². The normalized spacial score (nSPS) is 19.1. The van der Waals surface area contributed by atoms with Crippen LogP contribution in [-0.4, -0.2) is 36.6 Å². The molecule has 0 aliphatic carbocycles. The van der Waals surface area contributed by atoms with Crippen molar-refractivity contribution in [3.63, 3.8) is 0 Å². The van der Waals surface area contributed by atoms with E-state index in [1.807, 2.05) is 6.07 Å². The Kier molecular flexibility index (Phi) is 3.62. The monoisotopic (exact) mass is 269 g/mol. The number of aromatic nitrogens is 1. The van der Waals surface area contributed by atoms with Gasteiger partial charge in [-0.1, -0.05) is 25.1 Å². The molecule has 1 aliphatic heterocycles. The van der Waals surface area contributed by atoms with Gasteiger partial charge < -0.3 is 10.2 Å². The predicted molar refractivity (Wildman–Crippen MR) is 85.1 cm³/mol. The first-order chi connectivity index (χ1) is 9.65. The van der Waals surface area contributed by atoms with Gasteiger partial charge in [-0.05, 0) is 56.6 Å². The minimum Gasteiger partial charge on any atom is -0.370 e.